The van der Waals surface area contributed by atoms with Gasteiger partial charge < -0.3 is 47.9 Å². The van der Waals surface area contributed by atoms with Crippen LogP contribution in [-0.4, -0.2) is 88.4 Å². The van der Waals surface area contributed by atoms with Crippen molar-refractivity contribution in [1.82, 2.24) is 0 Å². The predicted molar refractivity (Wildman–Crippen MR) is 153 cm³/mol. The van der Waals surface area contributed by atoms with Gasteiger partial charge in [0, 0.05) is 45.5 Å². The highest BCUT2D eigenvalue weighted by atomic mass is 16.7. The molecule has 1 heterocycles. The number of hydrogen-bond acceptors (Lipinski definition) is 14. The molecule has 0 spiro atoms. The Bertz CT molecular complexity index is 1390. The van der Waals surface area contributed by atoms with E-state index in [1.54, 1.807) is 24.3 Å². The molecule has 244 valence electrons. The zero-order valence-electron chi connectivity index (χ0n) is 25.8. The Balaban J connectivity index is 2.12. The van der Waals surface area contributed by atoms with E-state index in [-0.39, 0.29) is 22.8 Å². The molecule has 1 aliphatic rings. The van der Waals surface area contributed by atoms with Gasteiger partial charge in [0.05, 0.1) is 21.3 Å². The molecule has 0 aromatic heterocycles. The predicted octanol–water partition coefficient (Wildman–Crippen LogP) is 2.43. The molecule has 2 aromatic rings. The van der Waals surface area contributed by atoms with Gasteiger partial charge >= 0.3 is 23.9 Å². The minimum absolute atomic E-state index is 0.0426. The first-order chi connectivity index (χ1) is 21.4. The van der Waals surface area contributed by atoms with Crippen molar-refractivity contribution in [3.05, 3.63) is 42.0 Å². The van der Waals surface area contributed by atoms with Crippen molar-refractivity contribution in [3.8, 4) is 23.0 Å². The number of carbonyl (C=O) groups excluding carboxylic acids is 5. The lowest BCUT2D eigenvalue weighted by Gasteiger charge is -2.44. The summed E-state index contributed by atoms with van der Waals surface area (Å²) in [4.78, 5) is 61.7. The second-order valence-electron chi connectivity index (χ2n) is 9.57. The molecule has 15 heteroatoms. The Morgan fingerprint density at radius 1 is 0.689 bits per heavy atom. The third-order valence-electron chi connectivity index (χ3n) is 6.26. The van der Waals surface area contributed by atoms with Crippen LogP contribution in [0, 0.1) is 0 Å². The molecular formula is C30H35NO14. The van der Waals surface area contributed by atoms with E-state index >= 15 is 0 Å². The average molecular weight is 634 g/mol. The fourth-order valence-corrected chi connectivity index (χ4v) is 4.44. The van der Waals surface area contributed by atoms with Gasteiger partial charge in [0.15, 0.2) is 12.2 Å². The summed E-state index contributed by atoms with van der Waals surface area (Å²) >= 11 is 0. The number of rotatable bonds is 12. The monoisotopic (exact) mass is 633 g/mol. The third kappa shape index (κ3) is 9.22. The highest BCUT2D eigenvalue weighted by molar-refractivity contribution is 6.08. The first-order valence-corrected chi connectivity index (χ1v) is 13.5. The second-order valence-corrected chi connectivity index (χ2v) is 9.57. The van der Waals surface area contributed by atoms with E-state index in [1.165, 1.54) is 33.5 Å². The maximum absolute atomic E-state index is 13.6. The van der Waals surface area contributed by atoms with Gasteiger partial charge in [0.1, 0.15) is 41.3 Å². The highest BCUT2D eigenvalue weighted by Crippen LogP contribution is 2.38. The molecule has 1 saturated heterocycles. The number of benzene rings is 2. The molecule has 1 fully saturated rings. The Kier molecular flexibility index (Phi) is 11.9. The lowest BCUT2D eigenvalue weighted by Crippen LogP contribution is -2.63. The molecule has 3 rings (SSSR count). The Hall–Kier alpha value is -5.05. The van der Waals surface area contributed by atoms with Gasteiger partial charge in [0.25, 0.3) is 5.91 Å². The number of esters is 4. The lowest BCUT2D eigenvalue weighted by molar-refractivity contribution is -0.288. The van der Waals surface area contributed by atoms with Crippen LogP contribution in [-0.2, 0) is 42.9 Å². The summed E-state index contributed by atoms with van der Waals surface area (Å²) in [5.74, 6) is -3.10. The molecule has 0 aliphatic carbocycles. The maximum atomic E-state index is 13.6. The van der Waals surface area contributed by atoms with E-state index in [1.807, 2.05) is 0 Å². The first-order valence-electron chi connectivity index (χ1n) is 13.5. The second kappa shape index (κ2) is 15.6. The van der Waals surface area contributed by atoms with Crippen molar-refractivity contribution in [2.24, 2.45) is 0 Å². The van der Waals surface area contributed by atoms with Gasteiger partial charge in [-0.1, -0.05) is 0 Å². The maximum Gasteiger partial charge on any atom is 0.303 e. The Morgan fingerprint density at radius 3 is 1.78 bits per heavy atom. The molecule has 15 nitrogen and oxygen atoms in total. The molecule has 45 heavy (non-hydrogen) atoms. The zero-order valence-corrected chi connectivity index (χ0v) is 25.8. The summed E-state index contributed by atoms with van der Waals surface area (Å²) in [6, 6.07) is 9.34. The summed E-state index contributed by atoms with van der Waals surface area (Å²) in [6.07, 6.45) is -7.32. The van der Waals surface area contributed by atoms with Crippen molar-refractivity contribution in [2.75, 3.05) is 33.3 Å². The molecule has 1 aliphatic heterocycles. The fourth-order valence-electron chi connectivity index (χ4n) is 4.44. The largest absolute Gasteiger partial charge is 0.497 e. The number of methoxy groups -OCH3 is 3. The van der Waals surface area contributed by atoms with Crippen LogP contribution >= 0.6 is 0 Å². The zero-order chi connectivity index (χ0) is 33.3. The van der Waals surface area contributed by atoms with Gasteiger partial charge in [-0.2, -0.15) is 0 Å². The Morgan fingerprint density at radius 2 is 1.24 bits per heavy atom. The van der Waals surface area contributed by atoms with Gasteiger partial charge in [0.2, 0.25) is 12.4 Å². The SMILES string of the molecule is COc1ccc(NC(=O)c2c(OC)cc(OC)cc2O[C@@H]2O[C@H](COC(C)=O)[C@@H](OC(C)=O)[C@H](OC(C)=O)[C@H]2OC(C)=O)cc1. The minimum atomic E-state index is -1.62. The van der Waals surface area contributed by atoms with E-state index in [0.717, 1.165) is 27.7 Å². The summed E-state index contributed by atoms with van der Waals surface area (Å²) in [5, 5.41) is 2.74. The molecule has 1 N–H and O–H groups in total. The van der Waals surface area contributed by atoms with E-state index < -0.39 is 67.1 Å². The molecule has 0 unspecified atom stereocenters. The standard InChI is InChI=1S/C30H35NO14/c1-15(32)40-14-24-26(41-16(2)33)27(42-17(3)34)28(43-18(4)35)30(45-24)44-23-13-21(38-6)12-22(39-7)25(23)29(36)31-19-8-10-20(37-5)11-9-19/h8-13,24,26-28,30H,14H2,1-7H3,(H,31,36)/t24-,26-,27+,28-,30-/m1/s1. The Labute approximate surface area is 258 Å². The molecule has 2 aromatic carbocycles. The fraction of sp³-hybridized carbons (Fsp3) is 0.433. The van der Waals surface area contributed by atoms with E-state index in [4.69, 9.17) is 42.6 Å². The van der Waals surface area contributed by atoms with Crippen LogP contribution in [0.15, 0.2) is 36.4 Å². The van der Waals surface area contributed by atoms with Crippen LogP contribution in [0.3, 0.4) is 0 Å². The van der Waals surface area contributed by atoms with Gasteiger partial charge in [-0.25, -0.2) is 0 Å². The number of ether oxygens (including phenoxy) is 9. The van der Waals surface area contributed by atoms with Crippen LogP contribution in [0.2, 0.25) is 0 Å². The molecule has 0 bridgehead atoms. The topological polar surface area (TPSA) is 180 Å². The average Bonchev–Trinajstić information content (AvgIpc) is 2.98. The summed E-state index contributed by atoms with van der Waals surface area (Å²) < 4.78 is 49.6. The summed E-state index contributed by atoms with van der Waals surface area (Å²) in [5.41, 5.74) is 0.305. The number of anilines is 1. The van der Waals surface area contributed by atoms with Crippen molar-refractivity contribution < 1.29 is 66.6 Å². The lowest BCUT2D eigenvalue weighted by atomic mass is 9.98. The first kappa shape index (κ1) is 34.4. The van der Waals surface area contributed by atoms with Crippen LogP contribution < -0.4 is 24.3 Å². The van der Waals surface area contributed by atoms with Crippen molar-refractivity contribution >= 4 is 35.5 Å². The number of hydrogen-bond donors (Lipinski definition) is 1. The molecule has 0 saturated carbocycles. The minimum Gasteiger partial charge on any atom is -0.497 e. The van der Waals surface area contributed by atoms with Crippen molar-refractivity contribution in [1.29, 1.82) is 0 Å². The number of nitrogens with one attached hydrogen (secondary N) is 1. The van der Waals surface area contributed by atoms with Gasteiger partial charge in [-0.15, -0.1) is 0 Å². The van der Waals surface area contributed by atoms with Crippen LogP contribution in [0.4, 0.5) is 5.69 Å². The van der Waals surface area contributed by atoms with Gasteiger partial charge in [-0.05, 0) is 24.3 Å². The summed E-state index contributed by atoms with van der Waals surface area (Å²) in [7, 11) is 4.22. The quantitative estimate of drug-likeness (QED) is 0.266. The van der Waals surface area contributed by atoms with Crippen LogP contribution in [0.1, 0.15) is 38.1 Å². The van der Waals surface area contributed by atoms with Crippen molar-refractivity contribution in [3.63, 3.8) is 0 Å². The van der Waals surface area contributed by atoms with E-state index in [0.29, 0.717) is 11.4 Å². The number of carbonyl (C=O) groups is 5. The number of amides is 1. The van der Waals surface area contributed by atoms with E-state index in [9.17, 15) is 24.0 Å². The highest BCUT2D eigenvalue weighted by Gasteiger charge is 2.53. The molecule has 0 radical (unpaired) electrons. The molecular weight excluding hydrogens is 598 g/mol. The molecule has 1 amide bonds. The third-order valence-corrected chi connectivity index (χ3v) is 6.26. The summed E-state index contributed by atoms with van der Waals surface area (Å²) in [6.45, 7) is 3.98. The van der Waals surface area contributed by atoms with Crippen LogP contribution in [0.25, 0.3) is 0 Å². The van der Waals surface area contributed by atoms with Crippen LogP contribution in [0.5, 0.6) is 23.0 Å². The smallest absolute Gasteiger partial charge is 0.303 e. The normalized spacial score (nSPS) is 20.6. The van der Waals surface area contributed by atoms with E-state index in [2.05, 4.69) is 5.32 Å². The molecule has 5 atom stereocenters. The van der Waals surface area contributed by atoms with Gasteiger partial charge in [-0.3, -0.25) is 24.0 Å². The van der Waals surface area contributed by atoms with Crippen molar-refractivity contribution in [2.45, 2.75) is 58.4 Å².